The van der Waals surface area contributed by atoms with Crippen molar-refractivity contribution in [3.63, 3.8) is 0 Å². The van der Waals surface area contributed by atoms with E-state index in [-0.39, 0.29) is 11.4 Å². The Morgan fingerprint density at radius 1 is 1.29 bits per heavy atom. The van der Waals surface area contributed by atoms with Gasteiger partial charge in [-0.2, -0.15) is 0 Å². The fourth-order valence-corrected chi connectivity index (χ4v) is 1.84. The minimum Gasteiger partial charge on any atom is -0.433 e. The number of ether oxygens (including phenoxy) is 2. The Bertz CT molecular complexity index is 437. The lowest BCUT2D eigenvalue weighted by Gasteiger charge is -2.24. The van der Waals surface area contributed by atoms with Crippen LogP contribution in [0.1, 0.15) is 32.4 Å². The van der Waals surface area contributed by atoms with Crippen LogP contribution in [0.4, 0.5) is 0 Å². The zero-order valence-electron chi connectivity index (χ0n) is 10.1. The highest BCUT2D eigenvalue weighted by atomic mass is 35.5. The van der Waals surface area contributed by atoms with Crippen molar-refractivity contribution in [1.82, 2.24) is 0 Å². The summed E-state index contributed by atoms with van der Waals surface area (Å²) in [4.78, 5) is 11.8. The number of esters is 1. The number of halogens is 1. The summed E-state index contributed by atoms with van der Waals surface area (Å²) in [7, 11) is 0. The first kappa shape index (κ1) is 12.4. The molecule has 0 N–H and O–H groups in total. The van der Waals surface area contributed by atoms with Crippen LogP contribution in [-0.2, 0) is 14.3 Å². The first-order chi connectivity index (χ1) is 7.88. The summed E-state index contributed by atoms with van der Waals surface area (Å²) in [5, 5.41) is 0.582. The molecule has 3 nitrogen and oxygen atoms in total. The smallest absolute Gasteiger partial charge is 0.342 e. The number of rotatable bonds is 1. The van der Waals surface area contributed by atoms with Crippen LogP contribution in [0.3, 0.4) is 0 Å². The molecule has 1 aliphatic rings. The van der Waals surface area contributed by atoms with Gasteiger partial charge in [0, 0.05) is 10.4 Å². The highest BCUT2D eigenvalue weighted by Crippen LogP contribution is 2.36. The SMILES string of the molecule is CC(C)(C)[C@@H]1OC(=O)[C@@H](c2cccc(Cl)c2)O1. The summed E-state index contributed by atoms with van der Waals surface area (Å²) in [5.41, 5.74) is 0.498. The Labute approximate surface area is 106 Å². The van der Waals surface area contributed by atoms with Crippen LogP contribution in [0.2, 0.25) is 5.02 Å². The molecule has 1 heterocycles. The van der Waals surface area contributed by atoms with E-state index < -0.39 is 12.4 Å². The summed E-state index contributed by atoms with van der Waals surface area (Å²) in [6, 6.07) is 7.08. The summed E-state index contributed by atoms with van der Waals surface area (Å²) in [5.74, 6) is -0.354. The van der Waals surface area contributed by atoms with Gasteiger partial charge < -0.3 is 9.47 Å². The average Bonchev–Trinajstić information content (AvgIpc) is 2.60. The number of hydrogen-bond acceptors (Lipinski definition) is 3. The third-order valence-electron chi connectivity index (χ3n) is 2.56. The second-order valence-corrected chi connectivity index (χ2v) is 5.64. The Hall–Kier alpha value is -1.06. The minimum atomic E-state index is -0.669. The maximum absolute atomic E-state index is 11.8. The second kappa shape index (κ2) is 4.31. The van der Waals surface area contributed by atoms with Crippen LogP contribution in [0.15, 0.2) is 24.3 Å². The van der Waals surface area contributed by atoms with Gasteiger partial charge in [-0.1, -0.05) is 44.5 Å². The van der Waals surface area contributed by atoms with Gasteiger partial charge >= 0.3 is 5.97 Å². The van der Waals surface area contributed by atoms with Crippen molar-refractivity contribution in [3.05, 3.63) is 34.9 Å². The molecule has 0 unspecified atom stereocenters. The maximum atomic E-state index is 11.8. The van der Waals surface area contributed by atoms with E-state index in [1.807, 2.05) is 26.8 Å². The lowest BCUT2D eigenvalue weighted by atomic mass is 9.96. The standard InChI is InChI=1S/C13H15ClO3/c1-13(2,3)12-16-10(11(15)17-12)8-5-4-6-9(14)7-8/h4-7,10,12H,1-3H3/t10-,12+/m1/s1. The highest BCUT2D eigenvalue weighted by molar-refractivity contribution is 6.30. The number of carbonyl (C=O) groups is 1. The summed E-state index contributed by atoms with van der Waals surface area (Å²) in [6.45, 7) is 5.89. The molecule has 0 saturated carbocycles. The zero-order valence-corrected chi connectivity index (χ0v) is 10.8. The van der Waals surface area contributed by atoms with Crippen LogP contribution in [0, 0.1) is 5.41 Å². The predicted octanol–water partition coefficient (Wildman–Crippen LogP) is 3.33. The normalized spacial score (nSPS) is 24.8. The van der Waals surface area contributed by atoms with E-state index in [1.165, 1.54) is 0 Å². The van der Waals surface area contributed by atoms with Crippen molar-refractivity contribution >= 4 is 17.6 Å². The molecule has 0 aliphatic carbocycles. The van der Waals surface area contributed by atoms with Gasteiger partial charge in [-0.25, -0.2) is 4.79 Å². The van der Waals surface area contributed by atoms with Gasteiger partial charge in [0.2, 0.25) is 6.29 Å². The molecule has 1 aromatic carbocycles. The van der Waals surface area contributed by atoms with Crippen molar-refractivity contribution in [2.45, 2.75) is 33.2 Å². The van der Waals surface area contributed by atoms with Gasteiger partial charge in [0.1, 0.15) is 0 Å². The third kappa shape index (κ3) is 2.61. The lowest BCUT2D eigenvalue weighted by molar-refractivity contribution is -0.154. The first-order valence-electron chi connectivity index (χ1n) is 5.49. The van der Waals surface area contributed by atoms with Crippen LogP contribution >= 0.6 is 11.6 Å². The maximum Gasteiger partial charge on any atom is 0.342 e. The molecule has 0 amide bonds. The summed E-state index contributed by atoms with van der Waals surface area (Å²) in [6.07, 6.45) is -1.18. The van der Waals surface area contributed by atoms with Crippen LogP contribution < -0.4 is 0 Å². The molecule has 92 valence electrons. The summed E-state index contributed by atoms with van der Waals surface area (Å²) < 4.78 is 10.9. The monoisotopic (exact) mass is 254 g/mol. The van der Waals surface area contributed by atoms with Gasteiger partial charge in [0.25, 0.3) is 0 Å². The van der Waals surface area contributed by atoms with E-state index in [0.29, 0.717) is 5.02 Å². The Kier molecular flexibility index (Phi) is 3.15. The average molecular weight is 255 g/mol. The van der Waals surface area contributed by atoms with Crippen LogP contribution in [-0.4, -0.2) is 12.3 Å². The fraction of sp³-hybridized carbons (Fsp3) is 0.462. The fourth-order valence-electron chi connectivity index (χ4n) is 1.64. The number of benzene rings is 1. The van der Waals surface area contributed by atoms with E-state index in [9.17, 15) is 4.79 Å². The quantitative estimate of drug-likeness (QED) is 0.721. The number of carbonyl (C=O) groups excluding carboxylic acids is 1. The van der Waals surface area contributed by atoms with Crippen molar-refractivity contribution in [3.8, 4) is 0 Å². The number of cyclic esters (lactones) is 1. The zero-order chi connectivity index (χ0) is 12.6. The number of hydrogen-bond donors (Lipinski definition) is 0. The molecular weight excluding hydrogens is 240 g/mol. The molecule has 0 spiro atoms. The Morgan fingerprint density at radius 2 is 2.00 bits per heavy atom. The second-order valence-electron chi connectivity index (χ2n) is 5.21. The van der Waals surface area contributed by atoms with Crippen molar-refractivity contribution in [2.24, 2.45) is 5.41 Å². The van der Waals surface area contributed by atoms with Crippen molar-refractivity contribution < 1.29 is 14.3 Å². The van der Waals surface area contributed by atoms with Gasteiger partial charge in [-0.3, -0.25) is 0 Å². The largest absolute Gasteiger partial charge is 0.433 e. The molecule has 2 atom stereocenters. The molecule has 4 heteroatoms. The van der Waals surface area contributed by atoms with Crippen molar-refractivity contribution in [2.75, 3.05) is 0 Å². The molecule has 1 aliphatic heterocycles. The van der Waals surface area contributed by atoms with Crippen molar-refractivity contribution in [1.29, 1.82) is 0 Å². The molecule has 17 heavy (non-hydrogen) atoms. The Morgan fingerprint density at radius 3 is 2.53 bits per heavy atom. The highest BCUT2D eigenvalue weighted by Gasteiger charge is 2.42. The molecule has 0 aromatic heterocycles. The molecule has 1 aromatic rings. The Balaban J connectivity index is 2.22. The molecule has 0 radical (unpaired) electrons. The van der Waals surface area contributed by atoms with E-state index in [0.717, 1.165) is 5.56 Å². The first-order valence-corrected chi connectivity index (χ1v) is 5.87. The van der Waals surface area contributed by atoms with Gasteiger partial charge in [-0.15, -0.1) is 0 Å². The summed E-state index contributed by atoms with van der Waals surface area (Å²) >= 11 is 5.89. The molecule has 0 bridgehead atoms. The van der Waals surface area contributed by atoms with Gasteiger partial charge in [0.05, 0.1) is 0 Å². The van der Waals surface area contributed by atoms with Gasteiger partial charge in [-0.05, 0) is 17.7 Å². The molecule has 1 fully saturated rings. The van der Waals surface area contributed by atoms with E-state index >= 15 is 0 Å². The van der Waals surface area contributed by atoms with Gasteiger partial charge in [0.15, 0.2) is 6.10 Å². The van der Waals surface area contributed by atoms with Crippen LogP contribution in [0.5, 0.6) is 0 Å². The minimum absolute atomic E-state index is 0.233. The third-order valence-corrected chi connectivity index (χ3v) is 2.79. The van der Waals surface area contributed by atoms with Crippen LogP contribution in [0.25, 0.3) is 0 Å². The molecular formula is C13H15ClO3. The van der Waals surface area contributed by atoms with E-state index in [2.05, 4.69) is 0 Å². The predicted molar refractivity (Wildman–Crippen MR) is 64.6 cm³/mol. The molecule has 1 saturated heterocycles. The van der Waals surface area contributed by atoms with E-state index in [1.54, 1.807) is 18.2 Å². The topological polar surface area (TPSA) is 35.5 Å². The molecule has 2 rings (SSSR count). The lowest BCUT2D eigenvalue weighted by Crippen LogP contribution is -2.27. The van der Waals surface area contributed by atoms with E-state index in [4.69, 9.17) is 21.1 Å².